The molecular weight excluding hydrogens is 355 g/mol. The Kier molecular flexibility index (Phi) is 6.91. The second-order valence-corrected chi connectivity index (χ2v) is 7.69. The van der Waals surface area contributed by atoms with Crippen molar-refractivity contribution in [3.63, 3.8) is 0 Å². The Morgan fingerprint density at radius 3 is 2.69 bits per heavy atom. The van der Waals surface area contributed by atoms with E-state index in [0.29, 0.717) is 44.2 Å². The summed E-state index contributed by atoms with van der Waals surface area (Å²) in [6, 6.07) is 6.71. The normalized spacial score (nSPS) is 20.4. The molecule has 0 aromatic heterocycles. The maximum absolute atomic E-state index is 13.4. The van der Waals surface area contributed by atoms with Crippen LogP contribution in [0.25, 0.3) is 0 Å². The van der Waals surface area contributed by atoms with Crippen LogP contribution < -0.4 is 0 Å². The molecule has 1 atom stereocenters. The van der Waals surface area contributed by atoms with E-state index in [2.05, 4.69) is 0 Å². The SMILES string of the molecule is O=C(CSCC(=O)N1CCCC1Cc1cccc(F)c1)N1CCOCC1. The maximum atomic E-state index is 13.4. The minimum atomic E-state index is -0.240. The molecule has 0 aliphatic carbocycles. The number of hydrogen-bond donors (Lipinski definition) is 0. The topological polar surface area (TPSA) is 49.9 Å². The van der Waals surface area contributed by atoms with E-state index in [-0.39, 0.29) is 23.7 Å². The second kappa shape index (κ2) is 9.37. The Labute approximate surface area is 157 Å². The monoisotopic (exact) mass is 380 g/mol. The molecule has 0 bridgehead atoms. The molecule has 0 saturated carbocycles. The zero-order chi connectivity index (χ0) is 18.4. The lowest BCUT2D eigenvalue weighted by Crippen LogP contribution is -2.42. The number of halogens is 1. The van der Waals surface area contributed by atoms with E-state index in [1.807, 2.05) is 11.0 Å². The lowest BCUT2D eigenvalue weighted by atomic mass is 10.0. The molecule has 26 heavy (non-hydrogen) atoms. The van der Waals surface area contributed by atoms with E-state index < -0.39 is 0 Å². The number of morpholine rings is 1. The number of thioether (sulfide) groups is 1. The number of hydrogen-bond acceptors (Lipinski definition) is 4. The van der Waals surface area contributed by atoms with Crippen LogP contribution in [0.4, 0.5) is 4.39 Å². The predicted octanol–water partition coefficient (Wildman–Crippen LogP) is 1.95. The third-order valence-electron chi connectivity index (χ3n) is 4.87. The first kappa shape index (κ1) is 19.2. The van der Waals surface area contributed by atoms with E-state index in [0.717, 1.165) is 24.9 Å². The highest BCUT2D eigenvalue weighted by atomic mass is 32.2. The van der Waals surface area contributed by atoms with Crippen LogP contribution in [0, 0.1) is 5.82 Å². The summed E-state index contributed by atoms with van der Waals surface area (Å²) < 4.78 is 18.6. The Morgan fingerprint density at radius 1 is 1.15 bits per heavy atom. The molecule has 5 nitrogen and oxygen atoms in total. The smallest absolute Gasteiger partial charge is 0.232 e. The fraction of sp³-hybridized carbons (Fsp3) is 0.579. The Bertz CT molecular complexity index is 637. The standard InChI is InChI=1S/C19H25FN2O3S/c20-16-4-1-3-15(11-16)12-17-5-2-6-22(17)19(24)14-26-13-18(23)21-7-9-25-10-8-21/h1,3-4,11,17H,2,5-10,12-14H2. The maximum Gasteiger partial charge on any atom is 0.232 e. The molecule has 2 heterocycles. The third kappa shape index (κ3) is 5.20. The van der Waals surface area contributed by atoms with Crippen LogP contribution in [-0.4, -0.2) is 72.0 Å². The van der Waals surface area contributed by atoms with Gasteiger partial charge in [-0.05, 0) is 37.0 Å². The number of carbonyl (C=O) groups excluding carboxylic acids is 2. The number of nitrogens with zero attached hydrogens (tertiary/aromatic N) is 2. The van der Waals surface area contributed by atoms with E-state index in [1.165, 1.54) is 23.9 Å². The van der Waals surface area contributed by atoms with Gasteiger partial charge in [-0.25, -0.2) is 4.39 Å². The summed E-state index contributed by atoms with van der Waals surface area (Å²) in [5.74, 6) is 0.548. The van der Waals surface area contributed by atoms with Gasteiger partial charge in [0.15, 0.2) is 0 Å². The van der Waals surface area contributed by atoms with Crippen molar-refractivity contribution in [2.45, 2.75) is 25.3 Å². The molecule has 0 spiro atoms. The molecule has 142 valence electrons. The molecule has 2 fully saturated rings. The molecule has 1 aromatic rings. The minimum Gasteiger partial charge on any atom is -0.378 e. The lowest BCUT2D eigenvalue weighted by molar-refractivity contribution is -0.132. The van der Waals surface area contributed by atoms with Crippen molar-refractivity contribution in [1.82, 2.24) is 9.80 Å². The second-order valence-electron chi connectivity index (χ2n) is 6.70. The fourth-order valence-electron chi connectivity index (χ4n) is 3.52. The zero-order valence-corrected chi connectivity index (χ0v) is 15.7. The van der Waals surface area contributed by atoms with Gasteiger partial charge in [0.1, 0.15) is 5.82 Å². The quantitative estimate of drug-likeness (QED) is 0.757. The van der Waals surface area contributed by atoms with Gasteiger partial charge in [0.2, 0.25) is 11.8 Å². The summed E-state index contributed by atoms with van der Waals surface area (Å²) in [6.07, 6.45) is 2.60. The van der Waals surface area contributed by atoms with Gasteiger partial charge in [0.05, 0.1) is 24.7 Å². The average molecular weight is 380 g/mol. The number of carbonyl (C=O) groups is 2. The van der Waals surface area contributed by atoms with Crippen LogP contribution in [0.2, 0.25) is 0 Å². The molecule has 1 aromatic carbocycles. The summed E-state index contributed by atoms with van der Waals surface area (Å²) in [7, 11) is 0. The largest absolute Gasteiger partial charge is 0.378 e. The molecule has 2 aliphatic rings. The van der Waals surface area contributed by atoms with Gasteiger partial charge < -0.3 is 14.5 Å². The molecule has 2 saturated heterocycles. The van der Waals surface area contributed by atoms with Gasteiger partial charge in [-0.15, -0.1) is 11.8 Å². The van der Waals surface area contributed by atoms with Crippen LogP contribution in [-0.2, 0) is 20.7 Å². The summed E-state index contributed by atoms with van der Waals surface area (Å²) in [6.45, 7) is 3.19. The molecule has 3 rings (SSSR count). The number of amides is 2. The highest BCUT2D eigenvalue weighted by molar-refractivity contribution is 8.00. The van der Waals surface area contributed by atoms with Gasteiger partial charge in [0, 0.05) is 25.7 Å². The first-order chi connectivity index (χ1) is 12.6. The van der Waals surface area contributed by atoms with Gasteiger partial charge >= 0.3 is 0 Å². The van der Waals surface area contributed by atoms with Gasteiger partial charge in [0.25, 0.3) is 0 Å². The van der Waals surface area contributed by atoms with Crippen molar-refractivity contribution in [3.8, 4) is 0 Å². The number of benzene rings is 1. The van der Waals surface area contributed by atoms with Crippen molar-refractivity contribution >= 4 is 23.6 Å². The minimum absolute atomic E-state index is 0.0729. The molecule has 1 unspecified atom stereocenters. The molecule has 0 radical (unpaired) electrons. The molecule has 0 N–H and O–H groups in total. The van der Waals surface area contributed by atoms with Crippen molar-refractivity contribution in [2.24, 2.45) is 0 Å². The Morgan fingerprint density at radius 2 is 1.92 bits per heavy atom. The van der Waals surface area contributed by atoms with E-state index in [1.54, 1.807) is 11.0 Å². The average Bonchev–Trinajstić information content (AvgIpc) is 3.10. The molecule has 2 amide bonds. The van der Waals surface area contributed by atoms with E-state index in [9.17, 15) is 14.0 Å². The van der Waals surface area contributed by atoms with Crippen LogP contribution in [0.15, 0.2) is 24.3 Å². The van der Waals surface area contributed by atoms with Crippen molar-refractivity contribution in [1.29, 1.82) is 0 Å². The lowest BCUT2D eigenvalue weighted by Gasteiger charge is -2.27. The van der Waals surface area contributed by atoms with Gasteiger partial charge in [-0.3, -0.25) is 9.59 Å². The predicted molar refractivity (Wildman–Crippen MR) is 99.6 cm³/mol. The zero-order valence-electron chi connectivity index (χ0n) is 14.9. The molecule has 2 aliphatic heterocycles. The van der Waals surface area contributed by atoms with Crippen molar-refractivity contribution in [3.05, 3.63) is 35.6 Å². The van der Waals surface area contributed by atoms with Crippen LogP contribution in [0.1, 0.15) is 18.4 Å². The summed E-state index contributed by atoms with van der Waals surface area (Å²) in [5, 5.41) is 0. The highest BCUT2D eigenvalue weighted by Crippen LogP contribution is 2.22. The third-order valence-corrected chi connectivity index (χ3v) is 5.77. The molecule has 7 heteroatoms. The number of ether oxygens (including phenoxy) is 1. The number of likely N-dealkylation sites (tertiary alicyclic amines) is 1. The Hall–Kier alpha value is -1.60. The summed E-state index contributed by atoms with van der Waals surface area (Å²) in [4.78, 5) is 28.4. The summed E-state index contributed by atoms with van der Waals surface area (Å²) >= 11 is 1.38. The van der Waals surface area contributed by atoms with Crippen LogP contribution in [0.3, 0.4) is 0 Å². The van der Waals surface area contributed by atoms with E-state index in [4.69, 9.17) is 4.74 Å². The fourth-order valence-corrected chi connectivity index (χ4v) is 4.32. The first-order valence-corrected chi connectivity index (χ1v) is 10.3. The highest BCUT2D eigenvalue weighted by Gasteiger charge is 2.29. The van der Waals surface area contributed by atoms with E-state index >= 15 is 0 Å². The number of rotatable bonds is 6. The molecular formula is C19H25FN2O3S. The van der Waals surface area contributed by atoms with Crippen molar-refractivity contribution < 1.29 is 18.7 Å². The first-order valence-electron chi connectivity index (χ1n) is 9.10. The van der Waals surface area contributed by atoms with Crippen LogP contribution >= 0.6 is 11.8 Å². The van der Waals surface area contributed by atoms with Gasteiger partial charge in [-0.1, -0.05) is 12.1 Å². The summed E-state index contributed by atoms with van der Waals surface area (Å²) in [5.41, 5.74) is 0.921. The Balaban J connectivity index is 1.45. The van der Waals surface area contributed by atoms with Crippen molar-refractivity contribution in [2.75, 3.05) is 44.4 Å². The van der Waals surface area contributed by atoms with Crippen LogP contribution in [0.5, 0.6) is 0 Å². The van der Waals surface area contributed by atoms with Gasteiger partial charge in [-0.2, -0.15) is 0 Å².